The Morgan fingerprint density at radius 3 is 2.45 bits per heavy atom. The second-order valence-corrected chi connectivity index (χ2v) is 7.90. The molecule has 0 saturated heterocycles. The fraction of sp³-hybridized carbons (Fsp3) is 0.227. The van der Waals surface area contributed by atoms with E-state index in [0.717, 1.165) is 5.56 Å². The highest BCUT2D eigenvalue weighted by atomic mass is 35.5. The fourth-order valence-electron chi connectivity index (χ4n) is 4.00. The summed E-state index contributed by atoms with van der Waals surface area (Å²) < 4.78 is 0. The number of ketones is 1. The number of benzene rings is 2. The van der Waals surface area contributed by atoms with Crippen LogP contribution in [-0.2, 0) is 16.0 Å². The molecule has 0 radical (unpaired) electrons. The van der Waals surface area contributed by atoms with Crippen LogP contribution in [0.1, 0.15) is 41.3 Å². The normalized spacial score (nSPS) is 15.7. The standard InChI is InChI=1S/C22H18Cl2N2O3/c1-12(27)26-10-4-9-18(28)21-17(26)11-13-5-2-8-16(19(13)21)25-22(29)20-14(23)6-3-7-15(20)24/h2-3,5-8H,4,9-11H2,1H3,(H,25,29). The summed E-state index contributed by atoms with van der Waals surface area (Å²) in [5, 5.41) is 3.35. The molecule has 1 heterocycles. The first-order valence-electron chi connectivity index (χ1n) is 9.30. The number of halogens is 2. The summed E-state index contributed by atoms with van der Waals surface area (Å²) in [7, 11) is 0. The molecule has 2 aromatic rings. The largest absolute Gasteiger partial charge is 0.321 e. The van der Waals surface area contributed by atoms with Crippen molar-refractivity contribution in [3.8, 4) is 0 Å². The molecule has 1 N–H and O–H groups in total. The third kappa shape index (κ3) is 3.45. The average Bonchev–Trinajstić information content (AvgIpc) is 2.97. The third-order valence-electron chi connectivity index (χ3n) is 5.26. The van der Waals surface area contributed by atoms with Gasteiger partial charge in [-0.3, -0.25) is 14.4 Å². The minimum Gasteiger partial charge on any atom is -0.321 e. The van der Waals surface area contributed by atoms with Crippen molar-refractivity contribution >= 4 is 52.1 Å². The van der Waals surface area contributed by atoms with Crippen molar-refractivity contribution in [3.05, 3.63) is 68.8 Å². The number of anilines is 1. The Morgan fingerprint density at radius 2 is 1.76 bits per heavy atom. The Kier molecular flexibility index (Phi) is 5.19. The van der Waals surface area contributed by atoms with Crippen molar-refractivity contribution in [2.75, 3.05) is 11.9 Å². The maximum atomic E-state index is 12.9. The van der Waals surface area contributed by atoms with Gasteiger partial charge in [0.15, 0.2) is 5.78 Å². The second-order valence-electron chi connectivity index (χ2n) is 7.09. The fourth-order valence-corrected chi connectivity index (χ4v) is 4.56. The van der Waals surface area contributed by atoms with Gasteiger partial charge in [0.1, 0.15) is 0 Å². The van der Waals surface area contributed by atoms with Crippen LogP contribution in [0, 0.1) is 0 Å². The molecule has 0 atom stereocenters. The maximum absolute atomic E-state index is 12.9. The molecule has 0 aromatic heterocycles. The van der Waals surface area contributed by atoms with Gasteiger partial charge >= 0.3 is 0 Å². The van der Waals surface area contributed by atoms with E-state index in [-0.39, 0.29) is 27.3 Å². The van der Waals surface area contributed by atoms with Gasteiger partial charge < -0.3 is 10.2 Å². The second kappa shape index (κ2) is 7.65. The molecule has 1 aliphatic carbocycles. The number of allylic oxidation sites excluding steroid dienone is 2. The highest BCUT2D eigenvalue weighted by molar-refractivity contribution is 6.40. The van der Waals surface area contributed by atoms with Gasteiger partial charge in [0.25, 0.3) is 5.91 Å². The lowest BCUT2D eigenvalue weighted by Crippen LogP contribution is -2.28. The van der Waals surface area contributed by atoms with E-state index in [1.54, 1.807) is 29.2 Å². The number of hydrogen-bond donors (Lipinski definition) is 1. The zero-order valence-corrected chi connectivity index (χ0v) is 17.2. The van der Waals surface area contributed by atoms with Crippen molar-refractivity contribution in [2.45, 2.75) is 26.2 Å². The van der Waals surface area contributed by atoms with Gasteiger partial charge in [0.2, 0.25) is 5.91 Å². The van der Waals surface area contributed by atoms with E-state index >= 15 is 0 Å². The van der Waals surface area contributed by atoms with Crippen LogP contribution >= 0.6 is 23.2 Å². The number of fused-ring (bicyclic) bond motifs is 2. The van der Waals surface area contributed by atoms with Crippen LogP contribution in [-0.4, -0.2) is 29.0 Å². The number of carbonyl (C=O) groups excluding carboxylic acids is 3. The third-order valence-corrected chi connectivity index (χ3v) is 5.89. The molecule has 4 rings (SSSR count). The molecule has 5 nitrogen and oxygen atoms in total. The summed E-state index contributed by atoms with van der Waals surface area (Å²) in [5.74, 6) is -0.555. The van der Waals surface area contributed by atoms with Crippen LogP contribution in [0.4, 0.5) is 5.69 Å². The van der Waals surface area contributed by atoms with E-state index < -0.39 is 5.91 Å². The van der Waals surface area contributed by atoms with Gasteiger partial charge in [0.05, 0.1) is 15.6 Å². The van der Waals surface area contributed by atoms with Crippen molar-refractivity contribution in [2.24, 2.45) is 0 Å². The lowest BCUT2D eigenvalue weighted by molar-refractivity contribution is -0.127. The smallest absolute Gasteiger partial charge is 0.258 e. The summed E-state index contributed by atoms with van der Waals surface area (Å²) in [6.45, 7) is 2.02. The van der Waals surface area contributed by atoms with Crippen molar-refractivity contribution in [3.63, 3.8) is 0 Å². The first kappa shape index (κ1) is 19.7. The van der Waals surface area contributed by atoms with Gasteiger partial charge in [-0.25, -0.2) is 0 Å². The molecular formula is C22H18Cl2N2O3. The molecule has 2 aromatic carbocycles. The summed E-state index contributed by atoms with van der Waals surface area (Å²) in [4.78, 5) is 39.6. The number of carbonyl (C=O) groups is 3. The molecule has 2 aliphatic rings. The Morgan fingerprint density at radius 1 is 1.07 bits per heavy atom. The van der Waals surface area contributed by atoms with Crippen LogP contribution in [0.2, 0.25) is 10.0 Å². The first-order chi connectivity index (χ1) is 13.9. The molecule has 29 heavy (non-hydrogen) atoms. The Bertz CT molecular complexity index is 1070. The average molecular weight is 429 g/mol. The highest BCUT2D eigenvalue weighted by Gasteiger charge is 2.35. The number of Topliss-reactive ketones (excluding diaryl/α,β-unsaturated/α-hetero) is 1. The minimum absolute atomic E-state index is 0.0139. The molecule has 148 valence electrons. The molecule has 7 heteroatoms. The minimum atomic E-state index is -0.451. The van der Waals surface area contributed by atoms with Crippen LogP contribution in [0.5, 0.6) is 0 Å². The summed E-state index contributed by atoms with van der Waals surface area (Å²) in [6, 6.07) is 10.3. The van der Waals surface area contributed by atoms with Gasteiger partial charge in [-0.05, 0) is 30.2 Å². The number of rotatable bonds is 2. The SMILES string of the molecule is CC(=O)N1CCCC(=O)C2=C1Cc1cccc(NC(=O)c3c(Cl)cccc3Cl)c12. The summed E-state index contributed by atoms with van der Waals surface area (Å²) in [5.41, 5.74) is 3.50. The molecule has 2 amide bonds. The predicted molar refractivity (Wildman–Crippen MR) is 113 cm³/mol. The van der Waals surface area contributed by atoms with Crippen molar-refractivity contribution < 1.29 is 14.4 Å². The monoisotopic (exact) mass is 428 g/mol. The van der Waals surface area contributed by atoms with Gasteiger partial charge in [-0.1, -0.05) is 41.4 Å². The van der Waals surface area contributed by atoms with Gasteiger partial charge in [-0.15, -0.1) is 0 Å². The molecule has 1 aliphatic heterocycles. The van der Waals surface area contributed by atoms with E-state index in [2.05, 4.69) is 5.32 Å². The quantitative estimate of drug-likeness (QED) is 0.751. The molecule has 0 bridgehead atoms. The van der Waals surface area contributed by atoms with Crippen molar-refractivity contribution in [1.29, 1.82) is 0 Å². The summed E-state index contributed by atoms with van der Waals surface area (Å²) in [6.07, 6.45) is 1.46. The van der Waals surface area contributed by atoms with Gasteiger partial charge in [0, 0.05) is 48.8 Å². The lowest BCUT2D eigenvalue weighted by atomic mass is 9.98. The Hall–Kier alpha value is -2.63. The van der Waals surface area contributed by atoms with E-state index in [4.69, 9.17) is 23.2 Å². The lowest BCUT2D eigenvalue weighted by Gasteiger charge is -2.21. The van der Waals surface area contributed by atoms with E-state index in [9.17, 15) is 14.4 Å². The molecular weight excluding hydrogens is 411 g/mol. The number of amides is 2. The first-order valence-corrected chi connectivity index (χ1v) is 10.1. The van der Waals surface area contributed by atoms with E-state index in [1.807, 2.05) is 12.1 Å². The highest BCUT2D eigenvalue weighted by Crippen LogP contribution is 2.42. The zero-order chi connectivity index (χ0) is 20.7. The topological polar surface area (TPSA) is 66.5 Å². The Balaban J connectivity index is 1.79. The van der Waals surface area contributed by atoms with Crippen LogP contribution in [0.15, 0.2) is 42.1 Å². The zero-order valence-electron chi connectivity index (χ0n) is 15.7. The van der Waals surface area contributed by atoms with E-state index in [0.29, 0.717) is 48.3 Å². The molecule has 0 unspecified atom stereocenters. The molecule has 0 saturated carbocycles. The van der Waals surface area contributed by atoms with Crippen molar-refractivity contribution in [1.82, 2.24) is 4.90 Å². The molecule has 0 spiro atoms. The number of nitrogens with zero attached hydrogens (tertiary/aromatic N) is 1. The van der Waals surface area contributed by atoms with Crippen LogP contribution in [0.25, 0.3) is 5.57 Å². The Labute approximate surface area is 178 Å². The summed E-state index contributed by atoms with van der Waals surface area (Å²) >= 11 is 12.3. The maximum Gasteiger partial charge on any atom is 0.258 e. The van der Waals surface area contributed by atoms with Gasteiger partial charge in [-0.2, -0.15) is 0 Å². The number of hydrogen-bond acceptors (Lipinski definition) is 3. The number of nitrogens with one attached hydrogen (secondary N) is 1. The van der Waals surface area contributed by atoms with E-state index in [1.165, 1.54) is 6.92 Å². The van der Waals surface area contributed by atoms with Crippen LogP contribution in [0.3, 0.4) is 0 Å². The molecule has 0 fully saturated rings. The predicted octanol–water partition coefficient (Wildman–Crippen LogP) is 4.72. The van der Waals surface area contributed by atoms with Crippen LogP contribution < -0.4 is 5.32 Å².